The Morgan fingerprint density at radius 3 is 2.42 bits per heavy atom. The van der Waals surface area contributed by atoms with Gasteiger partial charge in [-0.2, -0.15) is 0 Å². The summed E-state index contributed by atoms with van der Waals surface area (Å²) >= 11 is 0.544. The van der Waals surface area contributed by atoms with Crippen LogP contribution in [-0.4, -0.2) is 15.2 Å². The molecule has 2 heteroatoms. The van der Waals surface area contributed by atoms with Crippen LogP contribution in [0.5, 0.6) is 0 Å². The van der Waals surface area contributed by atoms with E-state index in [2.05, 4.69) is 37.3 Å². The Kier molecular flexibility index (Phi) is 7.14. The number of hydrogen-bond donors (Lipinski definition) is 0. The third kappa shape index (κ3) is 4.54. The van der Waals surface area contributed by atoms with Crippen LogP contribution in [0.25, 0.3) is 0 Å². The molecule has 64 valence electrons. The van der Waals surface area contributed by atoms with Crippen molar-refractivity contribution in [1.29, 1.82) is 0 Å². The van der Waals surface area contributed by atoms with E-state index in [-0.39, 0.29) is 4.70 Å². The molecule has 0 saturated carbocycles. The fourth-order valence-electron chi connectivity index (χ4n) is 1.06. The summed E-state index contributed by atoms with van der Waals surface area (Å²) in [7, 11) is 0. The minimum Gasteiger partial charge on any atom is -1.00 e. The fraction of sp³-hybridized carbons (Fsp3) is 0.400. The van der Waals surface area contributed by atoms with Gasteiger partial charge in [0.1, 0.15) is 0 Å². The predicted octanol–water partition coefficient (Wildman–Crippen LogP) is -0.761. The van der Waals surface area contributed by atoms with Crippen molar-refractivity contribution >= 4 is 19.6 Å². The number of benzene rings is 1. The van der Waals surface area contributed by atoms with Crippen molar-refractivity contribution in [3.05, 3.63) is 30.3 Å². The second kappa shape index (κ2) is 7.34. The van der Waals surface area contributed by atoms with Gasteiger partial charge in [-0.1, -0.05) is 0 Å². The minimum absolute atomic E-state index is 0. The van der Waals surface area contributed by atoms with Crippen molar-refractivity contribution in [2.75, 3.05) is 0 Å². The molecule has 0 bridgehead atoms. The summed E-state index contributed by atoms with van der Waals surface area (Å²) < 4.78 is 1.56. The van der Waals surface area contributed by atoms with Crippen LogP contribution in [0, 0.1) is 0 Å². The zero-order valence-electron chi connectivity index (χ0n) is 7.46. The summed E-state index contributed by atoms with van der Waals surface area (Å²) in [5.41, 5.74) is 0. The summed E-state index contributed by atoms with van der Waals surface area (Å²) in [5.74, 6) is 0. The molecule has 0 N–H and O–H groups in total. The third-order valence-electron chi connectivity index (χ3n) is 1.74. The number of unbranched alkanes of at least 4 members (excludes halogenated alkanes) is 1. The molecule has 0 nitrogen and oxygen atoms in total. The first-order valence-electron chi connectivity index (χ1n) is 4.31. The molecule has 0 heterocycles. The Morgan fingerprint density at radius 1 is 1.17 bits per heavy atom. The molecule has 0 unspecified atom stereocenters. The van der Waals surface area contributed by atoms with Crippen LogP contribution in [0.3, 0.4) is 0 Å². The van der Waals surface area contributed by atoms with E-state index in [9.17, 15) is 0 Å². The van der Waals surface area contributed by atoms with Gasteiger partial charge in [-0.3, -0.25) is 0 Å². The molecular formula is C10H14AlF. The molecule has 1 aromatic rings. The Hall–Kier alpha value is -0.318. The van der Waals surface area contributed by atoms with E-state index < -0.39 is 0 Å². The van der Waals surface area contributed by atoms with Gasteiger partial charge in [-0.25, -0.2) is 0 Å². The molecule has 0 amide bonds. The Balaban J connectivity index is 0.00000121. The topological polar surface area (TPSA) is 0 Å². The summed E-state index contributed by atoms with van der Waals surface area (Å²) in [6.45, 7) is 2.25. The van der Waals surface area contributed by atoms with E-state index in [1.165, 1.54) is 18.1 Å². The molecule has 0 aliphatic carbocycles. The van der Waals surface area contributed by atoms with Crippen LogP contribution in [-0.2, 0) is 0 Å². The second-order valence-electron chi connectivity index (χ2n) is 2.76. The molecule has 0 atom stereocenters. The Morgan fingerprint density at radius 2 is 1.83 bits per heavy atom. The van der Waals surface area contributed by atoms with Gasteiger partial charge >= 0.3 is 75.0 Å². The minimum atomic E-state index is 0. The number of hydrogen-bond acceptors (Lipinski definition) is 0. The van der Waals surface area contributed by atoms with Crippen LogP contribution in [0.2, 0.25) is 5.28 Å². The van der Waals surface area contributed by atoms with E-state index in [1.54, 1.807) is 4.43 Å². The van der Waals surface area contributed by atoms with Crippen LogP contribution in [0.15, 0.2) is 30.3 Å². The quantitative estimate of drug-likeness (QED) is 0.422. The molecule has 0 aliphatic rings. The van der Waals surface area contributed by atoms with Crippen molar-refractivity contribution < 1.29 is 4.70 Å². The van der Waals surface area contributed by atoms with Gasteiger partial charge in [-0.15, -0.1) is 0 Å². The maximum Gasteiger partial charge on any atom is -1.00 e. The summed E-state index contributed by atoms with van der Waals surface area (Å²) in [5, 5.41) is 1.42. The molecule has 0 radical (unpaired) electrons. The Labute approximate surface area is 80.1 Å². The van der Waals surface area contributed by atoms with Gasteiger partial charge in [0, 0.05) is 0 Å². The first kappa shape index (κ1) is 11.7. The first-order chi connectivity index (χ1) is 5.43. The molecule has 1 rings (SSSR count). The zero-order chi connectivity index (χ0) is 7.94. The van der Waals surface area contributed by atoms with Crippen molar-refractivity contribution in [2.24, 2.45) is 0 Å². The van der Waals surface area contributed by atoms with Crippen LogP contribution < -0.4 is 9.13 Å². The SMILES string of the molecule is CCC[CH2][Al+][c]1ccccc1.[F-]. The van der Waals surface area contributed by atoms with E-state index in [0.29, 0.717) is 15.2 Å². The first-order valence-corrected chi connectivity index (χ1v) is 5.71. The van der Waals surface area contributed by atoms with Gasteiger partial charge in [0.25, 0.3) is 0 Å². The summed E-state index contributed by atoms with van der Waals surface area (Å²) in [6.07, 6.45) is 2.73. The molecular weight excluding hydrogens is 166 g/mol. The standard InChI is InChI=1S/C6H5.C4H9.Al.FH/c1-2-4-6-5-3-1;1-3-4-2;;/h1-5H;1,3-4H2,2H3;;1H/q;;+1;/p-1. The summed E-state index contributed by atoms with van der Waals surface area (Å²) in [6, 6.07) is 10.8. The third-order valence-corrected chi connectivity index (χ3v) is 3.29. The van der Waals surface area contributed by atoms with Crippen LogP contribution in [0.4, 0.5) is 0 Å². The molecule has 0 saturated heterocycles. The smallest absolute Gasteiger partial charge is 1.00 e. The molecule has 1 aromatic carbocycles. The van der Waals surface area contributed by atoms with Gasteiger partial charge in [0.2, 0.25) is 0 Å². The zero-order valence-corrected chi connectivity index (χ0v) is 8.62. The van der Waals surface area contributed by atoms with E-state index in [1.807, 2.05) is 0 Å². The van der Waals surface area contributed by atoms with Gasteiger partial charge in [0.05, 0.1) is 0 Å². The van der Waals surface area contributed by atoms with E-state index >= 15 is 0 Å². The number of halogens is 1. The van der Waals surface area contributed by atoms with Gasteiger partial charge in [0.15, 0.2) is 0 Å². The molecule has 0 fully saturated rings. The molecule has 12 heavy (non-hydrogen) atoms. The van der Waals surface area contributed by atoms with Crippen molar-refractivity contribution in [3.8, 4) is 0 Å². The number of rotatable bonds is 4. The maximum atomic E-state index is 2.25. The fourth-order valence-corrected chi connectivity index (χ4v) is 2.50. The van der Waals surface area contributed by atoms with Crippen LogP contribution >= 0.6 is 0 Å². The van der Waals surface area contributed by atoms with Crippen molar-refractivity contribution in [1.82, 2.24) is 0 Å². The molecule has 0 spiro atoms. The molecule has 0 aromatic heterocycles. The van der Waals surface area contributed by atoms with Gasteiger partial charge in [-0.05, 0) is 0 Å². The van der Waals surface area contributed by atoms with Crippen molar-refractivity contribution in [3.63, 3.8) is 0 Å². The molecule has 0 aliphatic heterocycles. The largest absolute Gasteiger partial charge is 1.00 e. The van der Waals surface area contributed by atoms with E-state index in [4.69, 9.17) is 0 Å². The average molecular weight is 180 g/mol. The maximum absolute atomic E-state index is 2.25. The Bertz CT molecular complexity index is 186. The van der Waals surface area contributed by atoms with Gasteiger partial charge < -0.3 is 4.70 Å². The normalized spacial score (nSPS) is 8.42. The second-order valence-corrected chi connectivity index (χ2v) is 4.41. The average Bonchev–Trinajstić information content (AvgIpc) is 2.07. The van der Waals surface area contributed by atoms with E-state index in [0.717, 1.165) is 0 Å². The monoisotopic (exact) mass is 180 g/mol. The predicted molar refractivity (Wildman–Crippen MR) is 51.5 cm³/mol. The van der Waals surface area contributed by atoms with Crippen molar-refractivity contribution in [2.45, 2.75) is 25.0 Å². The van der Waals surface area contributed by atoms with Crippen LogP contribution in [0.1, 0.15) is 19.8 Å². The summed E-state index contributed by atoms with van der Waals surface area (Å²) in [4.78, 5) is 0.